The van der Waals surface area contributed by atoms with Gasteiger partial charge in [-0.3, -0.25) is 0 Å². The molecular weight excluding hydrogens is 176 g/mol. The number of nitriles is 1. The van der Waals surface area contributed by atoms with Crippen LogP contribution in [0.1, 0.15) is 0 Å². The lowest BCUT2D eigenvalue weighted by molar-refractivity contribution is 0.368. The average Bonchev–Trinajstić information content (AvgIpc) is 2.25. The van der Waals surface area contributed by atoms with Crippen molar-refractivity contribution in [3.63, 3.8) is 0 Å². The summed E-state index contributed by atoms with van der Waals surface area (Å²) in [6, 6.07) is 9.18. The molecule has 0 fully saturated rings. The van der Waals surface area contributed by atoms with Crippen LogP contribution in [0.4, 0.5) is 5.69 Å². The molecule has 1 N–H and O–H groups in total. The first-order valence-electron chi connectivity index (χ1n) is 4.14. The van der Waals surface area contributed by atoms with Gasteiger partial charge < -0.3 is 10.1 Å². The third-order valence-electron chi connectivity index (χ3n) is 1.55. The Balaban J connectivity index is 2.52. The average molecular weight is 186 g/mol. The maximum Gasteiger partial charge on any atom is 0.174 e. The zero-order chi connectivity index (χ0) is 10.2. The van der Waals surface area contributed by atoms with Gasteiger partial charge in [0.1, 0.15) is 11.8 Å². The molecule has 0 saturated heterocycles. The molecule has 0 atom stereocenters. The monoisotopic (exact) mass is 186 g/mol. The summed E-state index contributed by atoms with van der Waals surface area (Å²) in [5, 5.41) is 11.3. The summed E-state index contributed by atoms with van der Waals surface area (Å²) in [7, 11) is 0. The zero-order valence-corrected chi connectivity index (χ0v) is 7.66. The first-order valence-corrected chi connectivity index (χ1v) is 4.14. The molecule has 70 valence electrons. The maximum atomic E-state index is 8.29. The highest BCUT2D eigenvalue weighted by molar-refractivity contribution is 5.47. The van der Waals surface area contributed by atoms with E-state index in [1.165, 1.54) is 0 Å². The molecule has 0 unspecified atom stereocenters. The lowest BCUT2D eigenvalue weighted by Gasteiger charge is -2.04. The van der Waals surface area contributed by atoms with Gasteiger partial charge in [0.25, 0.3) is 0 Å². The first-order chi connectivity index (χ1) is 6.86. The van der Waals surface area contributed by atoms with Crippen LogP contribution in [0.25, 0.3) is 0 Å². The van der Waals surface area contributed by atoms with Gasteiger partial charge in [-0.05, 0) is 24.3 Å². The van der Waals surface area contributed by atoms with E-state index in [2.05, 4.69) is 11.2 Å². The minimum atomic E-state index is 0.0666. The number of terminal acetylenes is 1. The Morgan fingerprint density at radius 3 is 2.64 bits per heavy atom. The van der Waals surface area contributed by atoms with Gasteiger partial charge in [-0.25, -0.2) is 0 Å². The smallest absolute Gasteiger partial charge is 0.174 e. The Bertz CT molecular complexity index is 319. The van der Waals surface area contributed by atoms with Crippen molar-refractivity contribution in [3.05, 3.63) is 24.3 Å². The van der Waals surface area contributed by atoms with Gasteiger partial charge in [0.05, 0.1) is 6.54 Å². The number of hydrogen-bond donors (Lipinski definition) is 1. The largest absolute Gasteiger partial charge is 0.479 e. The zero-order valence-electron chi connectivity index (χ0n) is 7.66. The quantitative estimate of drug-likeness (QED) is 0.727. The Morgan fingerprint density at radius 1 is 1.36 bits per heavy atom. The first kappa shape index (κ1) is 9.95. The third-order valence-corrected chi connectivity index (χ3v) is 1.55. The van der Waals surface area contributed by atoms with Gasteiger partial charge in [-0.15, -0.1) is 6.42 Å². The van der Waals surface area contributed by atoms with Crippen molar-refractivity contribution in [2.24, 2.45) is 0 Å². The molecule has 0 bridgehead atoms. The van der Waals surface area contributed by atoms with Crippen LogP contribution in [0.2, 0.25) is 0 Å². The minimum Gasteiger partial charge on any atom is -0.479 e. The van der Waals surface area contributed by atoms with E-state index in [1.54, 1.807) is 12.1 Å². The van der Waals surface area contributed by atoms with Crippen LogP contribution in [0.5, 0.6) is 5.75 Å². The highest BCUT2D eigenvalue weighted by Crippen LogP contribution is 2.14. The third kappa shape index (κ3) is 3.08. The van der Waals surface area contributed by atoms with Crippen LogP contribution in [0, 0.1) is 23.7 Å². The molecule has 1 rings (SSSR count). The number of hydrogen-bond acceptors (Lipinski definition) is 3. The van der Waals surface area contributed by atoms with Crippen molar-refractivity contribution in [2.45, 2.75) is 0 Å². The summed E-state index contributed by atoms with van der Waals surface area (Å²) in [5.74, 6) is 3.16. The molecule has 3 heteroatoms. The van der Waals surface area contributed by atoms with E-state index in [1.807, 2.05) is 18.2 Å². The van der Waals surface area contributed by atoms with Crippen LogP contribution >= 0.6 is 0 Å². The highest BCUT2D eigenvalue weighted by atomic mass is 16.5. The second-order valence-electron chi connectivity index (χ2n) is 2.53. The normalized spacial score (nSPS) is 8.43. The molecule has 1 aromatic rings. The minimum absolute atomic E-state index is 0.0666. The summed E-state index contributed by atoms with van der Waals surface area (Å²) in [6.07, 6.45) is 5.10. The van der Waals surface area contributed by atoms with Crippen LogP contribution in [0.15, 0.2) is 24.3 Å². The van der Waals surface area contributed by atoms with Gasteiger partial charge in [0.15, 0.2) is 6.61 Å². The number of nitrogens with one attached hydrogen (secondary N) is 1. The number of nitrogens with zero attached hydrogens (tertiary/aromatic N) is 1. The van der Waals surface area contributed by atoms with Gasteiger partial charge in [-0.1, -0.05) is 5.92 Å². The van der Waals surface area contributed by atoms with Crippen molar-refractivity contribution in [3.8, 4) is 24.2 Å². The Kier molecular flexibility index (Phi) is 3.91. The van der Waals surface area contributed by atoms with Gasteiger partial charge >= 0.3 is 0 Å². The molecule has 0 aliphatic carbocycles. The van der Waals surface area contributed by atoms with Crippen LogP contribution in [-0.4, -0.2) is 13.2 Å². The number of anilines is 1. The highest BCUT2D eigenvalue weighted by Gasteiger charge is 1.93. The Morgan fingerprint density at radius 2 is 2.07 bits per heavy atom. The number of rotatable bonds is 4. The van der Waals surface area contributed by atoms with Gasteiger partial charge in [0.2, 0.25) is 0 Å². The summed E-state index contributed by atoms with van der Waals surface area (Å²) >= 11 is 0. The molecule has 14 heavy (non-hydrogen) atoms. The molecule has 0 aliphatic rings. The lowest BCUT2D eigenvalue weighted by Crippen LogP contribution is -1.98. The van der Waals surface area contributed by atoms with Crippen molar-refractivity contribution >= 4 is 5.69 Å². The van der Waals surface area contributed by atoms with Crippen molar-refractivity contribution < 1.29 is 4.74 Å². The van der Waals surface area contributed by atoms with Crippen molar-refractivity contribution in [1.82, 2.24) is 0 Å². The fourth-order valence-corrected chi connectivity index (χ4v) is 0.938. The van der Waals surface area contributed by atoms with Crippen molar-refractivity contribution in [1.29, 1.82) is 5.26 Å². The van der Waals surface area contributed by atoms with E-state index in [-0.39, 0.29) is 6.61 Å². The number of benzene rings is 1. The molecule has 0 heterocycles. The molecular formula is C11H10N2O. The molecule has 1 aromatic carbocycles. The van der Waals surface area contributed by atoms with E-state index in [9.17, 15) is 0 Å². The topological polar surface area (TPSA) is 45.0 Å². The molecule has 0 aromatic heterocycles. The standard InChI is InChI=1S/C11H10N2O/c1-2-8-13-10-3-5-11(6-4-10)14-9-7-12/h1,3-6,13H,8-9H2. The molecule has 3 nitrogen and oxygen atoms in total. The molecule has 0 aliphatic heterocycles. The second kappa shape index (κ2) is 5.50. The summed E-state index contributed by atoms with van der Waals surface area (Å²) in [4.78, 5) is 0. The fraction of sp³-hybridized carbons (Fsp3) is 0.182. The van der Waals surface area contributed by atoms with Crippen molar-refractivity contribution in [2.75, 3.05) is 18.5 Å². The van der Waals surface area contributed by atoms with Crippen LogP contribution in [-0.2, 0) is 0 Å². The van der Waals surface area contributed by atoms with Gasteiger partial charge in [0, 0.05) is 5.69 Å². The lowest BCUT2D eigenvalue weighted by atomic mass is 10.3. The summed E-state index contributed by atoms with van der Waals surface area (Å²) < 4.78 is 5.09. The van der Waals surface area contributed by atoms with E-state index in [4.69, 9.17) is 16.4 Å². The molecule has 0 spiro atoms. The van der Waals surface area contributed by atoms with Crippen LogP contribution in [0.3, 0.4) is 0 Å². The van der Waals surface area contributed by atoms with E-state index < -0.39 is 0 Å². The molecule has 0 radical (unpaired) electrons. The van der Waals surface area contributed by atoms with E-state index >= 15 is 0 Å². The SMILES string of the molecule is C#CCNc1ccc(OCC#N)cc1. The van der Waals surface area contributed by atoms with E-state index in [0.717, 1.165) is 5.69 Å². The molecule has 0 amide bonds. The van der Waals surface area contributed by atoms with Gasteiger partial charge in [-0.2, -0.15) is 5.26 Å². The molecule has 0 saturated carbocycles. The Hall–Kier alpha value is -2.13. The summed E-state index contributed by atoms with van der Waals surface area (Å²) in [6.45, 7) is 0.565. The van der Waals surface area contributed by atoms with Crippen LogP contribution < -0.4 is 10.1 Å². The van der Waals surface area contributed by atoms with E-state index in [0.29, 0.717) is 12.3 Å². The summed E-state index contributed by atoms with van der Waals surface area (Å²) in [5.41, 5.74) is 0.937. The maximum absolute atomic E-state index is 8.29. The predicted molar refractivity (Wildman–Crippen MR) is 54.9 cm³/mol. The number of ether oxygens (including phenoxy) is 1. The Labute approximate surface area is 83.3 Å². The predicted octanol–water partition coefficient (Wildman–Crippen LogP) is 1.63. The fourth-order valence-electron chi connectivity index (χ4n) is 0.938. The second-order valence-corrected chi connectivity index (χ2v) is 2.53.